The number of rotatable bonds is 2. The molecule has 1 fully saturated rings. The molecule has 2 N–H and O–H groups in total. The Labute approximate surface area is 150 Å². The first kappa shape index (κ1) is 16.4. The summed E-state index contributed by atoms with van der Waals surface area (Å²) in [4.78, 5) is 10.6. The van der Waals surface area contributed by atoms with Crippen molar-refractivity contribution in [1.82, 2.24) is 24.5 Å². The van der Waals surface area contributed by atoms with Crippen molar-refractivity contribution in [2.24, 2.45) is 0 Å². The monoisotopic (exact) mass is 380 g/mol. The fourth-order valence-corrected chi connectivity index (χ4v) is 3.55. The van der Waals surface area contributed by atoms with Crippen LogP contribution in [-0.4, -0.2) is 50.0 Å². The normalized spacial score (nSPS) is 22.7. The minimum absolute atomic E-state index is 0.0274. The topological polar surface area (TPSA) is 90.8 Å². The van der Waals surface area contributed by atoms with Crippen LogP contribution in [-0.2, 0) is 0 Å². The van der Waals surface area contributed by atoms with E-state index in [0.29, 0.717) is 36.4 Å². The molecule has 0 radical (unpaired) electrons. The molecule has 3 aromatic rings. The summed E-state index contributed by atoms with van der Waals surface area (Å²) in [5.74, 6) is 0.112. The molecule has 2 unspecified atom stereocenters. The number of hydrogen-bond donors (Lipinski definition) is 1. The molecule has 0 amide bonds. The lowest BCUT2D eigenvalue weighted by molar-refractivity contribution is -0.286. The van der Waals surface area contributed by atoms with Gasteiger partial charge in [-0.3, -0.25) is 4.90 Å². The molecule has 4 heterocycles. The van der Waals surface area contributed by atoms with Crippen molar-refractivity contribution in [3.63, 3.8) is 0 Å². The number of hydrogen-bond acceptors (Lipinski definition) is 7. The number of nitrogens with two attached hydrogens (primary N) is 1. The maximum absolute atomic E-state index is 13.5. The van der Waals surface area contributed by atoms with E-state index in [0.717, 1.165) is 0 Å². The van der Waals surface area contributed by atoms with Crippen LogP contribution in [0.2, 0.25) is 0 Å². The van der Waals surface area contributed by atoms with Gasteiger partial charge in [-0.1, -0.05) is 0 Å². The second-order valence-electron chi connectivity index (χ2n) is 6.69. The third-order valence-electron chi connectivity index (χ3n) is 4.94. The number of nitrogens with zero attached hydrogens (tertiary/aromatic N) is 5. The van der Waals surface area contributed by atoms with Gasteiger partial charge in [0.15, 0.2) is 23.0 Å². The molecule has 2 aliphatic rings. The number of aromatic nitrogens is 4. The fraction of sp³-hybridized carbons (Fsp3) is 0.438. The zero-order valence-corrected chi connectivity index (χ0v) is 14.2. The molecule has 0 saturated carbocycles. The number of ether oxygens (including phenoxy) is 2. The van der Waals surface area contributed by atoms with E-state index < -0.39 is 12.5 Å². The van der Waals surface area contributed by atoms with Crippen molar-refractivity contribution in [1.29, 1.82) is 0 Å². The quantitative estimate of drug-likeness (QED) is 0.729. The molecule has 0 bridgehead atoms. The van der Waals surface area contributed by atoms with Gasteiger partial charge in [0.25, 0.3) is 0 Å². The molecule has 11 heteroatoms. The Morgan fingerprint density at radius 3 is 2.85 bits per heavy atom. The van der Waals surface area contributed by atoms with Crippen LogP contribution in [0, 0.1) is 0 Å². The van der Waals surface area contributed by atoms with Gasteiger partial charge in [-0.15, -0.1) is 13.9 Å². The summed E-state index contributed by atoms with van der Waals surface area (Å²) in [5.41, 5.74) is 6.44. The van der Waals surface area contributed by atoms with Gasteiger partial charge in [0.2, 0.25) is 5.95 Å². The number of alkyl halides is 3. The SMILES string of the molecule is CC(c1nc2c3ccc4c(c3nc(N)n2n1)OC(F)(F)O4)N1CCC(F)C1. The van der Waals surface area contributed by atoms with Crippen molar-refractivity contribution in [3.8, 4) is 11.5 Å². The Bertz CT molecular complexity index is 1070. The molecule has 2 atom stereocenters. The van der Waals surface area contributed by atoms with Gasteiger partial charge in [0, 0.05) is 18.5 Å². The Morgan fingerprint density at radius 2 is 2.11 bits per heavy atom. The third-order valence-corrected chi connectivity index (χ3v) is 4.94. The van der Waals surface area contributed by atoms with E-state index in [1.54, 1.807) is 6.07 Å². The Kier molecular flexibility index (Phi) is 3.24. The van der Waals surface area contributed by atoms with Gasteiger partial charge in [-0.25, -0.2) is 14.4 Å². The van der Waals surface area contributed by atoms with Crippen LogP contribution in [0.3, 0.4) is 0 Å². The Balaban J connectivity index is 1.65. The van der Waals surface area contributed by atoms with Crippen LogP contribution < -0.4 is 15.2 Å². The van der Waals surface area contributed by atoms with Crippen molar-refractivity contribution in [2.75, 3.05) is 18.8 Å². The predicted molar refractivity (Wildman–Crippen MR) is 88.4 cm³/mol. The summed E-state index contributed by atoms with van der Waals surface area (Å²) >= 11 is 0. The van der Waals surface area contributed by atoms with Gasteiger partial charge in [0.05, 0.1) is 6.04 Å². The highest BCUT2D eigenvalue weighted by molar-refractivity contribution is 5.97. The third kappa shape index (κ3) is 2.45. The van der Waals surface area contributed by atoms with E-state index in [2.05, 4.69) is 24.5 Å². The summed E-state index contributed by atoms with van der Waals surface area (Å²) in [7, 11) is 0. The molecule has 8 nitrogen and oxygen atoms in total. The van der Waals surface area contributed by atoms with E-state index in [4.69, 9.17) is 5.73 Å². The smallest absolute Gasteiger partial charge is 0.395 e. The first-order valence-corrected chi connectivity index (χ1v) is 8.45. The van der Waals surface area contributed by atoms with Crippen LogP contribution >= 0.6 is 0 Å². The van der Waals surface area contributed by atoms with Crippen LogP contribution in [0.15, 0.2) is 12.1 Å². The average molecular weight is 380 g/mol. The second kappa shape index (κ2) is 5.35. The lowest BCUT2D eigenvalue weighted by atomic mass is 10.2. The van der Waals surface area contributed by atoms with Crippen LogP contribution in [0.25, 0.3) is 16.6 Å². The number of anilines is 1. The fourth-order valence-electron chi connectivity index (χ4n) is 3.55. The lowest BCUT2D eigenvalue weighted by Gasteiger charge is -2.20. The lowest BCUT2D eigenvalue weighted by Crippen LogP contribution is -2.26. The van der Waals surface area contributed by atoms with Crippen LogP contribution in [0.4, 0.5) is 19.1 Å². The van der Waals surface area contributed by atoms with Crippen LogP contribution in [0.1, 0.15) is 25.2 Å². The van der Waals surface area contributed by atoms with Crippen molar-refractivity contribution in [3.05, 3.63) is 18.0 Å². The summed E-state index contributed by atoms with van der Waals surface area (Å²) < 4.78 is 50.7. The number of halogens is 3. The van der Waals surface area contributed by atoms with Gasteiger partial charge in [-0.2, -0.15) is 4.52 Å². The summed E-state index contributed by atoms with van der Waals surface area (Å²) in [6, 6.07) is 2.69. The highest BCUT2D eigenvalue weighted by Crippen LogP contribution is 2.45. The molecule has 0 spiro atoms. The molecular formula is C16H15F3N6O2. The molecule has 1 saturated heterocycles. The van der Waals surface area contributed by atoms with E-state index in [-0.39, 0.29) is 29.0 Å². The van der Waals surface area contributed by atoms with E-state index in [1.807, 2.05) is 11.8 Å². The summed E-state index contributed by atoms with van der Waals surface area (Å²) in [6.07, 6.45) is -4.15. The molecule has 0 aliphatic carbocycles. The number of likely N-dealkylation sites (tertiary alicyclic amines) is 1. The Hall–Kier alpha value is -2.82. The van der Waals surface area contributed by atoms with Crippen LogP contribution in [0.5, 0.6) is 11.5 Å². The molecule has 5 rings (SSSR count). The second-order valence-corrected chi connectivity index (χ2v) is 6.69. The van der Waals surface area contributed by atoms with Gasteiger partial charge < -0.3 is 15.2 Å². The zero-order chi connectivity index (χ0) is 18.9. The van der Waals surface area contributed by atoms with Gasteiger partial charge in [-0.05, 0) is 25.5 Å². The number of nitrogen functional groups attached to an aromatic ring is 1. The standard InChI is InChI=1S/C16H15F3N6O2/c1-7(24-5-4-8(17)6-24)13-22-14-9-2-3-10-12(27-16(18,19)26-10)11(9)21-15(20)25(14)23-13/h2-3,7-8H,4-6H2,1H3,(H2,20,21). The number of benzene rings is 1. The first-order chi connectivity index (χ1) is 12.8. The van der Waals surface area contributed by atoms with Crippen molar-refractivity contribution >= 4 is 22.5 Å². The summed E-state index contributed by atoms with van der Waals surface area (Å²) in [5, 5.41) is 4.83. The maximum Gasteiger partial charge on any atom is 0.586 e. The van der Waals surface area contributed by atoms with E-state index in [9.17, 15) is 13.2 Å². The minimum Gasteiger partial charge on any atom is -0.395 e. The predicted octanol–water partition coefficient (Wildman–Crippen LogP) is 2.29. The van der Waals surface area contributed by atoms with Gasteiger partial charge >= 0.3 is 6.29 Å². The molecule has 1 aromatic carbocycles. The minimum atomic E-state index is -3.76. The average Bonchev–Trinajstić information content (AvgIpc) is 3.30. The molecule has 2 aromatic heterocycles. The molecule has 2 aliphatic heterocycles. The first-order valence-electron chi connectivity index (χ1n) is 8.45. The Morgan fingerprint density at radius 1 is 1.30 bits per heavy atom. The molecule has 27 heavy (non-hydrogen) atoms. The van der Waals surface area contributed by atoms with Crippen molar-refractivity contribution in [2.45, 2.75) is 31.9 Å². The highest BCUT2D eigenvalue weighted by Gasteiger charge is 2.45. The van der Waals surface area contributed by atoms with Gasteiger partial charge in [0.1, 0.15) is 11.7 Å². The maximum atomic E-state index is 13.5. The zero-order valence-electron chi connectivity index (χ0n) is 14.2. The van der Waals surface area contributed by atoms with E-state index in [1.165, 1.54) is 10.6 Å². The van der Waals surface area contributed by atoms with Crippen molar-refractivity contribution < 1.29 is 22.6 Å². The summed E-state index contributed by atoms with van der Waals surface area (Å²) in [6.45, 7) is 2.81. The molecule has 142 valence electrons. The molecular weight excluding hydrogens is 365 g/mol. The largest absolute Gasteiger partial charge is 0.586 e. The van der Waals surface area contributed by atoms with E-state index >= 15 is 0 Å². The highest BCUT2D eigenvalue weighted by atomic mass is 19.3. The number of fused-ring (bicyclic) bond motifs is 5.